The van der Waals surface area contributed by atoms with E-state index in [0.717, 1.165) is 12.8 Å². The number of carbonyl (C=O) groups excluding carboxylic acids is 2. The predicted octanol–water partition coefficient (Wildman–Crippen LogP) is 5.15. The van der Waals surface area contributed by atoms with Crippen molar-refractivity contribution < 1.29 is 14.3 Å². The molecule has 0 aliphatic carbocycles. The quantitative estimate of drug-likeness (QED) is 0.555. The van der Waals surface area contributed by atoms with Gasteiger partial charge in [-0.3, -0.25) is 9.59 Å². The second-order valence-electron chi connectivity index (χ2n) is 6.49. The van der Waals surface area contributed by atoms with Crippen molar-refractivity contribution in [3.8, 4) is 5.75 Å². The fourth-order valence-electron chi connectivity index (χ4n) is 3.00. The number of carbonyl (C=O) groups is 2. The Bertz CT molecular complexity index is 934. The van der Waals surface area contributed by atoms with Crippen molar-refractivity contribution in [2.24, 2.45) is 0 Å². The first-order chi connectivity index (χ1) is 13.7. The predicted molar refractivity (Wildman–Crippen MR) is 111 cm³/mol. The minimum atomic E-state index is -0.257. The maximum absolute atomic E-state index is 12.7. The van der Waals surface area contributed by atoms with Gasteiger partial charge in [0.1, 0.15) is 5.75 Å². The van der Waals surface area contributed by atoms with Gasteiger partial charge in [0, 0.05) is 17.5 Å². The number of ketones is 1. The van der Waals surface area contributed by atoms with Crippen molar-refractivity contribution in [2.45, 2.75) is 19.3 Å². The van der Waals surface area contributed by atoms with Crippen LogP contribution in [0.4, 0.5) is 5.69 Å². The number of rotatable bonds is 8. The van der Waals surface area contributed by atoms with Crippen LogP contribution < -0.4 is 10.1 Å². The molecule has 3 aromatic carbocycles. The summed E-state index contributed by atoms with van der Waals surface area (Å²) in [6.07, 6.45) is 2.06. The van der Waals surface area contributed by atoms with Crippen LogP contribution in [0.25, 0.3) is 0 Å². The summed E-state index contributed by atoms with van der Waals surface area (Å²) in [6, 6.07) is 24.1. The molecule has 3 aromatic rings. The molecule has 4 heteroatoms. The Morgan fingerprint density at radius 1 is 0.857 bits per heavy atom. The molecule has 0 unspecified atom stereocenters. The molecule has 142 valence electrons. The number of Topliss-reactive ketones (excluding diaryl/α,β-unsaturated/α-hetero) is 1. The van der Waals surface area contributed by atoms with E-state index in [0.29, 0.717) is 29.0 Å². The van der Waals surface area contributed by atoms with Gasteiger partial charge in [0.15, 0.2) is 5.78 Å². The van der Waals surface area contributed by atoms with Crippen LogP contribution >= 0.6 is 0 Å². The second-order valence-corrected chi connectivity index (χ2v) is 6.49. The molecule has 0 saturated heterocycles. The molecule has 0 heterocycles. The number of aryl methyl sites for hydroxylation is 1. The Balaban J connectivity index is 1.64. The zero-order chi connectivity index (χ0) is 19.8. The smallest absolute Gasteiger partial charge is 0.255 e. The van der Waals surface area contributed by atoms with Crippen LogP contribution in [0.2, 0.25) is 0 Å². The highest BCUT2D eigenvalue weighted by Gasteiger charge is 2.14. The Hall–Kier alpha value is -3.40. The summed E-state index contributed by atoms with van der Waals surface area (Å²) in [6.45, 7) is 0. The summed E-state index contributed by atoms with van der Waals surface area (Å²) in [5, 5.41) is 2.85. The average Bonchev–Trinajstić information content (AvgIpc) is 2.75. The SMILES string of the molecule is COc1ccc(C(=O)Nc2ccccc2C(=O)CCCc2ccccc2)cc1. The summed E-state index contributed by atoms with van der Waals surface area (Å²) in [4.78, 5) is 25.2. The third-order valence-corrected chi connectivity index (χ3v) is 4.54. The molecule has 0 atom stereocenters. The van der Waals surface area contributed by atoms with E-state index in [1.807, 2.05) is 30.3 Å². The zero-order valence-electron chi connectivity index (χ0n) is 15.9. The summed E-state index contributed by atoms with van der Waals surface area (Å²) in [5.74, 6) is 0.458. The molecule has 1 amide bonds. The van der Waals surface area contributed by atoms with E-state index < -0.39 is 0 Å². The Labute approximate surface area is 165 Å². The summed E-state index contributed by atoms with van der Waals surface area (Å²) in [5.41, 5.74) is 2.80. The maximum atomic E-state index is 12.7. The number of hydrogen-bond donors (Lipinski definition) is 1. The summed E-state index contributed by atoms with van der Waals surface area (Å²) in [7, 11) is 1.58. The van der Waals surface area contributed by atoms with Gasteiger partial charge in [-0.2, -0.15) is 0 Å². The van der Waals surface area contributed by atoms with Crippen LogP contribution in [0.3, 0.4) is 0 Å². The first-order valence-electron chi connectivity index (χ1n) is 9.29. The minimum Gasteiger partial charge on any atom is -0.497 e. The molecule has 0 bridgehead atoms. The molecular formula is C24H23NO3. The summed E-state index contributed by atoms with van der Waals surface area (Å²) >= 11 is 0. The molecule has 0 saturated carbocycles. The standard InChI is InChI=1S/C24H23NO3/c1-28-20-16-14-19(15-17-20)24(27)25-22-12-6-5-11-21(22)23(26)13-7-10-18-8-3-2-4-9-18/h2-6,8-9,11-12,14-17H,7,10,13H2,1H3,(H,25,27). The first kappa shape index (κ1) is 19.4. The highest BCUT2D eigenvalue weighted by atomic mass is 16.5. The number of ether oxygens (including phenoxy) is 1. The Morgan fingerprint density at radius 2 is 1.54 bits per heavy atom. The van der Waals surface area contributed by atoms with Crippen molar-refractivity contribution in [1.29, 1.82) is 0 Å². The fourth-order valence-corrected chi connectivity index (χ4v) is 3.00. The Morgan fingerprint density at radius 3 is 2.25 bits per heavy atom. The molecule has 0 aliphatic heterocycles. The number of anilines is 1. The lowest BCUT2D eigenvalue weighted by Crippen LogP contribution is -2.15. The lowest BCUT2D eigenvalue weighted by Gasteiger charge is -2.11. The van der Waals surface area contributed by atoms with Crippen LogP contribution in [-0.4, -0.2) is 18.8 Å². The van der Waals surface area contributed by atoms with Gasteiger partial charge in [-0.25, -0.2) is 0 Å². The van der Waals surface area contributed by atoms with E-state index in [1.165, 1.54) is 5.56 Å². The number of para-hydroxylation sites is 1. The number of nitrogens with one attached hydrogen (secondary N) is 1. The highest BCUT2D eigenvalue weighted by molar-refractivity contribution is 6.09. The van der Waals surface area contributed by atoms with Gasteiger partial charge in [-0.1, -0.05) is 42.5 Å². The topological polar surface area (TPSA) is 55.4 Å². The highest BCUT2D eigenvalue weighted by Crippen LogP contribution is 2.20. The van der Waals surface area contributed by atoms with Crippen LogP contribution in [0, 0.1) is 0 Å². The molecule has 1 N–H and O–H groups in total. The molecule has 4 nitrogen and oxygen atoms in total. The minimum absolute atomic E-state index is 0.0292. The molecule has 0 aromatic heterocycles. The van der Waals surface area contributed by atoms with Crippen LogP contribution in [-0.2, 0) is 6.42 Å². The van der Waals surface area contributed by atoms with Gasteiger partial charge >= 0.3 is 0 Å². The molecule has 3 rings (SSSR count). The van der Waals surface area contributed by atoms with Crippen molar-refractivity contribution >= 4 is 17.4 Å². The van der Waals surface area contributed by atoms with E-state index in [4.69, 9.17) is 4.74 Å². The lowest BCUT2D eigenvalue weighted by atomic mass is 10.0. The third kappa shape index (κ3) is 5.07. The lowest BCUT2D eigenvalue weighted by molar-refractivity contribution is 0.0981. The summed E-state index contributed by atoms with van der Waals surface area (Å²) < 4.78 is 5.11. The molecule has 0 fully saturated rings. The van der Waals surface area contributed by atoms with Crippen molar-refractivity contribution in [3.63, 3.8) is 0 Å². The average molecular weight is 373 g/mol. The van der Waals surface area contributed by atoms with Gasteiger partial charge in [-0.05, 0) is 54.8 Å². The van der Waals surface area contributed by atoms with E-state index in [-0.39, 0.29) is 11.7 Å². The Kier molecular flexibility index (Phi) is 6.58. The second kappa shape index (κ2) is 9.51. The van der Waals surface area contributed by atoms with Gasteiger partial charge in [0.05, 0.1) is 12.8 Å². The van der Waals surface area contributed by atoms with Crippen molar-refractivity contribution in [3.05, 3.63) is 95.6 Å². The van der Waals surface area contributed by atoms with Gasteiger partial charge in [-0.15, -0.1) is 0 Å². The number of methoxy groups -OCH3 is 1. The number of hydrogen-bond acceptors (Lipinski definition) is 3. The third-order valence-electron chi connectivity index (χ3n) is 4.54. The van der Waals surface area contributed by atoms with Gasteiger partial charge in [0.2, 0.25) is 0 Å². The first-order valence-corrected chi connectivity index (χ1v) is 9.29. The van der Waals surface area contributed by atoms with Crippen LogP contribution in [0.5, 0.6) is 5.75 Å². The normalized spacial score (nSPS) is 10.3. The van der Waals surface area contributed by atoms with E-state index in [9.17, 15) is 9.59 Å². The number of benzene rings is 3. The zero-order valence-corrected chi connectivity index (χ0v) is 15.9. The molecule has 28 heavy (non-hydrogen) atoms. The van der Waals surface area contributed by atoms with E-state index in [2.05, 4.69) is 17.4 Å². The van der Waals surface area contributed by atoms with Crippen molar-refractivity contribution in [2.75, 3.05) is 12.4 Å². The molecule has 0 radical (unpaired) electrons. The fraction of sp³-hybridized carbons (Fsp3) is 0.167. The maximum Gasteiger partial charge on any atom is 0.255 e. The van der Waals surface area contributed by atoms with Crippen molar-refractivity contribution in [1.82, 2.24) is 0 Å². The molecular weight excluding hydrogens is 350 g/mol. The van der Waals surface area contributed by atoms with Gasteiger partial charge < -0.3 is 10.1 Å². The van der Waals surface area contributed by atoms with E-state index in [1.54, 1.807) is 43.5 Å². The monoisotopic (exact) mass is 373 g/mol. The largest absolute Gasteiger partial charge is 0.497 e. The molecule has 0 aliphatic rings. The van der Waals surface area contributed by atoms with Gasteiger partial charge in [0.25, 0.3) is 5.91 Å². The molecule has 0 spiro atoms. The van der Waals surface area contributed by atoms with E-state index >= 15 is 0 Å². The van der Waals surface area contributed by atoms with Crippen LogP contribution in [0.15, 0.2) is 78.9 Å². The number of amides is 1. The van der Waals surface area contributed by atoms with Crippen LogP contribution in [0.1, 0.15) is 39.1 Å².